The minimum Gasteiger partial charge on any atom is -0.449 e. The number of ether oxygens (including phenoxy) is 1. The van der Waals surface area contributed by atoms with Crippen molar-refractivity contribution in [1.29, 1.82) is 0 Å². The first-order valence-corrected chi connectivity index (χ1v) is 8.05. The van der Waals surface area contributed by atoms with Gasteiger partial charge in [-0.1, -0.05) is 37.5 Å². The molecule has 0 unspecified atom stereocenters. The van der Waals surface area contributed by atoms with Gasteiger partial charge in [-0.05, 0) is 44.7 Å². The zero-order valence-corrected chi connectivity index (χ0v) is 13.6. The number of aryl methyl sites for hydroxylation is 1. The van der Waals surface area contributed by atoms with Crippen LogP contribution < -0.4 is 5.32 Å². The van der Waals surface area contributed by atoms with Crippen molar-refractivity contribution in [3.8, 4) is 0 Å². The van der Waals surface area contributed by atoms with Crippen molar-refractivity contribution in [3.63, 3.8) is 0 Å². The number of benzene rings is 1. The van der Waals surface area contributed by atoms with Crippen molar-refractivity contribution >= 4 is 11.9 Å². The number of carbonyl (C=O) groups is 2. The van der Waals surface area contributed by atoms with Crippen molar-refractivity contribution in [2.45, 2.75) is 58.6 Å². The number of amides is 1. The second kappa shape index (κ2) is 7.43. The van der Waals surface area contributed by atoms with Gasteiger partial charge in [-0.15, -0.1) is 0 Å². The molecule has 1 N–H and O–H groups in total. The van der Waals surface area contributed by atoms with E-state index >= 15 is 0 Å². The Morgan fingerprint density at radius 2 is 2.00 bits per heavy atom. The Hall–Kier alpha value is -1.84. The monoisotopic (exact) mass is 303 g/mol. The molecule has 0 heterocycles. The van der Waals surface area contributed by atoms with Crippen LogP contribution >= 0.6 is 0 Å². The Kier molecular flexibility index (Phi) is 5.58. The molecular formula is C18H25NO3. The molecule has 22 heavy (non-hydrogen) atoms. The van der Waals surface area contributed by atoms with E-state index in [0.29, 0.717) is 11.5 Å². The van der Waals surface area contributed by atoms with Crippen LogP contribution in [0.5, 0.6) is 0 Å². The minimum atomic E-state index is -0.776. The predicted octanol–water partition coefficient (Wildman–Crippen LogP) is 3.24. The second-order valence-corrected chi connectivity index (χ2v) is 6.29. The first-order chi connectivity index (χ1) is 10.5. The third kappa shape index (κ3) is 4.33. The van der Waals surface area contributed by atoms with Crippen molar-refractivity contribution in [2.75, 3.05) is 0 Å². The average molecular weight is 303 g/mol. The summed E-state index contributed by atoms with van der Waals surface area (Å²) in [5, 5.41) is 3.02. The summed E-state index contributed by atoms with van der Waals surface area (Å²) in [5.74, 6) is -0.180. The first kappa shape index (κ1) is 16.5. The van der Waals surface area contributed by atoms with Gasteiger partial charge in [0.15, 0.2) is 6.10 Å². The second-order valence-electron chi connectivity index (χ2n) is 6.29. The average Bonchev–Trinajstić information content (AvgIpc) is 2.49. The highest BCUT2D eigenvalue weighted by molar-refractivity contribution is 5.92. The standard InChI is InChI=1S/C18H25NO3/c1-12-7-6-9-15(11-12)18(21)22-14(3)17(20)19-16-10-5-4-8-13(16)2/h6-7,9,11,13-14,16H,4-5,8,10H2,1-3H3,(H,19,20)/t13-,14+,16-/m0/s1. The third-order valence-corrected chi connectivity index (χ3v) is 4.35. The fourth-order valence-corrected chi connectivity index (χ4v) is 2.88. The molecule has 0 aromatic heterocycles. The van der Waals surface area contributed by atoms with Crippen LogP contribution in [-0.2, 0) is 9.53 Å². The fraction of sp³-hybridized carbons (Fsp3) is 0.556. The van der Waals surface area contributed by atoms with Gasteiger partial charge in [-0.25, -0.2) is 4.79 Å². The van der Waals surface area contributed by atoms with Gasteiger partial charge in [-0.3, -0.25) is 4.79 Å². The van der Waals surface area contributed by atoms with Crippen LogP contribution in [0.15, 0.2) is 24.3 Å². The molecule has 1 aromatic carbocycles. The Morgan fingerprint density at radius 3 is 2.68 bits per heavy atom. The largest absolute Gasteiger partial charge is 0.449 e. The lowest BCUT2D eigenvalue weighted by Gasteiger charge is -2.30. The van der Waals surface area contributed by atoms with Crippen LogP contribution in [0.2, 0.25) is 0 Å². The van der Waals surface area contributed by atoms with Gasteiger partial charge >= 0.3 is 5.97 Å². The summed E-state index contributed by atoms with van der Waals surface area (Å²) in [6, 6.07) is 7.37. The molecule has 1 fully saturated rings. The number of rotatable bonds is 4. The summed E-state index contributed by atoms with van der Waals surface area (Å²) >= 11 is 0. The quantitative estimate of drug-likeness (QED) is 0.869. The van der Waals surface area contributed by atoms with Gasteiger partial charge in [-0.2, -0.15) is 0 Å². The number of hydrogen-bond acceptors (Lipinski definition) is 3. The van der Waals surface area contributed by atoms with Gasteiger partial charge in [0.2, 0.25) is 0 Å². The molecule has 0 bridgehead atoms. The van der Waals surface area contributed by atoms with Gasteiger partial charge < -0.3 is 10.1 Å². The van der Waals surface area contributed by atoms with Crippen LogP contribution in [0.4, 0.5) is 0 Å². The van der Waals surface area contributed by atoms with Crippen LogP contribution in [0.1, 0.15) is 55.5 Å². The van der Waals surface area contributed by atoms with E-state index in [0.717, 1.165) is 24.8 Å². The van der Waals surface area contributed by atoms with Crippen molar-refractivity contribution < 1.29 is 14.3 Å². The lowest BCUT2D eigenvalue weighted by molar-refractivity contribution is -0.130. The molecule has 1 saturated carbocycles. The third-order valence-electron chi connectivity index (χ3n) is 4.35. The smallest absolute Gasteiger partial charge is 0.338 e. The lowest BCUT2D eigenvalue weighted by Crippen LogP contribution is -2.45. The van der Waals surface area contributed by atoms with Crippen LogP contribution in [0, 0.1) is 12.8 Å². The highest BCUT2D eigenvalue weighted by Crippen LogP contribution is 2.23. The lowest BCUT2D eigenvalue weighted by atomic mass is 9.86. The molecule has 0 saturated heterocycles. The van der Waals surface area contributed by atoms with Gasteiger partial charge in [0.25, 0.3) is 5.91 Å². The molecule has 0 spiro atoms. The van der Waals surface area contributed by atoms with E-state index in [1.807, 2.05) is 13.0 Å². The number of nitrogens with one attached hydrogen (secondary N) is 1. The summed E-state index contributed by atoms with van der Waals surface area (Å²) < 4.78 is 5.28. The molecule has 1 aliphatic rings. The Labute approximate surface area is 132 Å². The van der Waals surface area contributed by atoms with Crippen molar-refractivity contribution in [3.05, 3.63) is 35.4 Å². The molecule has 1 aromatic rings. The van der Waals surface area contributed by atoms with E-state index in [1.165, 1.54) is 6.42 Å². The Bertz CT molecular complexity index is 541. The predicted molar refractivity (Wildman–Crippen MR) is 85.6 cm³/mol. The number of esters is 1. The zero-order chi connectivity index (χ0) is 16.1. The maximum Gasteiger partial charge on any atom is 0.338 e. The molecule has 4 nitrogen and oxygen atoms in total. The normalized spacial score (nSPS) is 22.7. The molecule has 1 amide bonds. The maximum atomic E-state index is 12.2. The van der Waals surface area contributed by atoms with E-state index < -0.39 is 12.1 Å². The van der Waals surface area contributed by atoms with Gasteiger partial charge in [0.1, 0.15) is 0 Å². The molecule has 3 atom stereocenters. The molecule has 0 aliphatic heterocycles. The van der Waals surface area contributed by atoms with Crippen LogP contribution in [0.25, 0.3) is 0 Å². The minimum absolute atomic E-state index is 0.196. The summed E-state index contributed by atoms with van der Waals surface area (Å²) in [6.07, 6.45) is 3.74. The fourth-order valence-electron chi connectivity index (χ4n) is 2.88. The molecule has 1 aliphatic carbocycles. The molecule has 0 radical (unpaired) electrons. The summed E-state index contributed by atoms with van der Waals surface area (Å²) in [6.45, 7) is 5.70. The molecule has 2 rings (SSSR count). The van der Waals surface area contributed by atoms with E-state index in [4.69, 9.17) is 4.74 Å². The SMILES string of the molecule is Cc1cccc(C(=O)O[C@H](C)C(=O)N[C@H]2CCCC[C@@H]2C)c1. The molecular weight excluding hydrogens is 278 g/mol. The number of hydrogen-bond donors (Lipinski definition) is 1. The van der Waals surface area contributed by atoms with Gasteiger partial charge in [0.05, 0.1) is 5.56 Å². The number of carbonyl (C=O) groups excluding carboxylic acids is 2. The Morgan fingerprint density at radius 1 is 1.27 bits per heavy atom. The van der Waals surface area contributed by atoms with E-state index in [2.05, 4.69) is 12.2 Å². The van der Waals surface area contributed by atoms with Gasteiger partial charge in [0, 0.05) is 6.04 Å². The molecule has 120 valence electrons. The summed E-state index contributed by atoms with van der Waals surface area (Å²) in [4.78, 5) is 24.3. The highest BCUT2D eigenvalue weighted by Gasteiger charge is 2.26. The van der Waals surface area contributed by atoms with Crippen LogP contribution in [-0.4, -0.2) is 24.0 Å². The first-order valence-electron chi connectivity index (χ1n) is 8.05. The van der Waals surface area contributed by atoms with E-state index in [1.54, 1.807) is 25.1 Å². The molecule has 4 heteroatoms. The highest BCUT2D eigenvalue weighted by atomic mass is 16.5. The van der Waals surface area contributed by atoms with Crippen molar-refractivity contribution in [2.24, 2.45) is 5.92 Å². The van der Waals surface area contributed by atoms with E-state index in [9.17, 15) is 9.59 Å². The van der Waals surface area contributed by atoms with E-state index in [-0.39, 0.29) is 11.9 Å². The van der Waals surface area contributed by atoms with Crippen LogP contribution in [0.3, 0.4) is 0 Å². The summed E-state index contributed by atoms with van der Waals surface area (Å²) in [5.41, 5.74) is 1.47. The zero-order valence-electron chi connectivity index (χ0n) is 13.6. The topological polar surface area (TPSA) is 55.4 Å². The summed E-state index contributed by atoms with van der Waals surface area (Å²) in [7, 11) is 0. The Balaban J connectivity index is 1.89. The van der Waals surface area contributed by atoms with Crippen molar-refractivity contribution in [1.82, 2.24) is 5.32 Å². The maximum absolute atomic E-state index is 12.2.